The number of carbonyl (C=O) groups excluding carboxylic acids is 2. The Bertz CT molecular complexity index is 800. The van der Waals surface area contributed by atoms with Crippen LogP contribution in [0.5, 0.6) is 0 Å². The maximum Gasteiger partial charge on any atom is 0.262 e. The molecule has 2 N–H and O–H groups in total. The van der Waals surface area contributed by atoms with E-state index in [1.54, 1.807) is 12.1 Å². The number of hydrogen-bond acceptors (Lipinski definition) is 3. The quantitative estimate of drug-likeness (QED) is 0.831. The lowest BCUT2D eigenvalue weighted by atomic mass is 10.1. The van der Waals surface area contributed by atoms with Gasteiger partial charge in [-0.05, 0) is 36.3 Å². The first-order chi connectivity index (χ1) is 11.7. The van der Waals surface area contributed by atoms with Gasteiger partial charge in [-0.3, -0.25) is 9.59 Å². The molecule has 0 spiro atoms. The summed E-state index contributed by atoms with van der Waals surface area (Å²) in [5.74, 6) is -0.271. The van der Waals surface area contributed by atoms with Gasteiger partial charge in [0.1, 0.15) is 0 Å². The lowest BCUT2D eigenvalue weighted by Gasteiger charge is -2.19. The molecule has 5 heteroatoms. The molecule has 4 nitrogen and oxygen atoms in total. The molecule has 24 heavy (non-hydrogen) atoms. The number of carbonyl (C=O) groups is 2. The standard InChI is InChI=1S/C19H18N2O2S/c1-2-10-20-18(22)14-8-9-16-15(12-14)21-19(23)17(24-16)11-13-6-4-3-5-7-13/h3-9,11-12H,2,10H2,1H3,(H,20,22)(H,21,23)/b17-11-. The largest absolute Gasteiger partial charge is 0.352 e. The summed E-state index contributed by atoms with van der Waals surface area (Å²) >= 11 is 1.42. The number of thioether (sulfide) groups is 1. The summed E-state index contributed by atoms with van der Waals surface area (Å²) in [4.78, 5) is 25.9. The molecule has 1 aliphatic rings. The number of hydrogen-bond donors (Lipinski definition) is 2. The van der Waals surface area contributed by atoms with Crippen LogP contribution in [0, 0.1) is 0 Å². The van der Waals surface area contributed by atoms with Crippen molar-refractivity contribution in [2.75, 3.05) is 11.9 Å². The van der Waals surface area contributed by atoms with Crippen molar-refractivity contribution in [3.8, 4) is 0 Å². The van der Waals surface area contributed by atoms with E-state index in [-0.39, 0.29) is 11.8 Å². The van der Waals surface area contributed by atoms with Crippen LogP contribution >= 0.6 is 11.8 Å². The third kappa shape index (κ3) is 3.68. The van der Waals surface area contributed by atoms with E-state index in [4.69, 9.17) is 0 Å². The molecule has 0 atom stereocenters. The Morgan fingerprint density at radius 3 is 2.75 bits per heavy atom. The van der Waals surface area contributed by atoms with Gasteiger partial charge in [-0.2, -0.15) is 0 Å². The second-order valence-electron chi connectivity index (χ2n) is 5.44. The summed E-state index contributed by atoms with van der Waals surface area (Å²) in [6.07, 6.45) is 2.75. The molecule has 122 valence electrons. The molecule has 0 fully saturated rings. The molecule has 0 unspecified atom stereocenters. The zero-order chi connectivity index (χ0) is 16.9. The topological polar surface area (TPSA) is 58.2 Å². The van der Waals surface area contributed by atoms with Crippen LogP contribution in [0.2, 0.25) is 0 Å². The highest BCUT2D eigenvalue weighted by Gasteiger charge is 2.22. The van der Waals surface area contributed by atoms with Crippen molar-refractivity contribution in [1.82, 2.24) is 5.32 Å². The Morgan fingerprint density at radius 1 is 1.21 bits per heavy atom. The molecule has 1 heterocycles. The molecule has 2 aromatic carbocycles. The highest BCUT2D eigenvalue weighted by molar-refractivity contribution is 8.04. The Hall–Kier alpha value is -2.53. The summed E-state index contributed by atoms with van der Waals surface area (Å²) in [6, 6.07) is 15.1. The molecule has 0 aliphatic carbocycles. The van der Waals surface area contributed by atoms with E-state index in [2.05, 4.69) is 10.6 Å². The average molecular weight is 338 g/mol. The van der Waals surface area contributed by atoms with Crippen LogP contribution in [-0.2, 0) is 4.79 Å². The van der Waals surface area contributed by atoms with Gasteiger partial charge in [0.2, 0.25) is 0 Å². The number of nitrogens with one attached hydrogen (secondary N) is 2. The van der Waals surface area contributed by atoms with Crippen LogP contribution in [0.15, 0.2) is 58.3 Å². The van der Waals surface area contributed by atoms with Crippen LogP contribution in [0.3, 0.4) is 0 Å². The summed E-state index contributed by atoms with van der Waals surface area (Å²) in [6.45, 7) is 2.64. The lowest BCUT2D eigenvalue weighted by molar-refractivity contribution is -0.112. The van der Waals surface area contributed by atoms with Gasteiger partial charge in [0.15, 0.2) is 0 Å². The molecule has 0 saturated carbocycles. The van der Waals surface area contributed by atoms with Crippen LogP contribution in [-0.4, -0.2) is 18.4 Å². The van der Waals surface area contributed by atoms with E-state index in [1.807, 2.05) is 49.4 Å². The number of amides is 2. The third-order valence-corrected chi connectivity index (χ3v) is 4.67. The van der Waals surface area contributed by atoms with Gasteiger partial charge in [0, 0.05) is 17.0 Å². The first-order valence-electron chi connectivity index (χ1n) is 7.85. The van der Waals surface area contributed by atoms with E-state index >= 15 is 0 Å². The van der Waals surface area contributed by atoms with Crippen molar-refractivity contribution in [2.24, 2.45) is 0 Å². The molecule has 0 bridgehead atoms. The zero-order valence-corrected chi connectivity index (χ0v) is 14.2. The van der Waals surface area contributed by atoms with Gasteiger partial charge in [-0.15, -0.1) is 0 Å². The molecule has 2 amide bonds. The van der Waals surface area contributed by atoms with Crippen LogP contribution < -0.4 is 10.6 Å². The minimum absolute atomic E-state index is 0.121. The number of rotatable bonds is 4. The smallest absolute Gasteiger partial charge is 0.262 e. The molecule has 2 aromatic rings. The van der Waals surface area contributed by atoms with Gasteiger partial charge in [-0.25, -0.2) is 0 Å². The highest BCUT2D eigenvalue weighted by atomic mass is 32.2. The molecule has 0 aromatic heterocycles. The van der Waals surface area contributed by atoms with Gasteiger partial charge in [-0.1, -0.05) is 49.0 Å². The maximum atomic E-state index is 12.3. The monoisotopic (exact) mass is 338 g/mol. The zero-order valence-electron chi connectivity index (χ0n) is 13.3. The Labute approximate surface area is 145 Å². The maximum absolute atomic E-state index is 12.3. The van der Waals surface area contributed by atoms with Gasteiger partial charge in [0.25, 0.3) is 11.8 Å². The summed E-state index contributed by atoms with van der Waals surface area (Å²) in [5, 5.41) is 5.71. The fourth-order valence-electron chi connectivity index (χ4n) is 2.34. The minimum atomic E-state index is -0.150. The van der Waals surface area contributed by atoms with E-state index in [0.29, 0.717) is 22.7 Å². The second-order valence-corrected chi connectivity index (χ2v) is 6.53. The molecular weight excluding hydrogens is 320 g/mol. The van der Waals surface area contributed by atoms with Crippen LogP contribution in [0.25, 0.3) is 6.08 Å². The number of fused-ring (bicyclic) bond motifs is 1. The number of benzene rings is 2. The SMILES string of the molecule is CCCNC(=O)c1ccc2c(c1)NC(=O)/C(=C/c1ccccc1)S2. The van der Waals surface area contributed by atoms with E-state index in [9.17, 15) is 9.59 Å². The Balaban J connectivity index is 1.83. The van der Waals surface area contributed by atoms with Gasteiger partial charge >= 0.3 is 0 Å². The normalized spacial score (nSPS) is 14.9. The fourth-order valence-corrected chi connectivity index (χ4v) is 3.27. The second kappa shape index (κ2) is 7.36. The van der Waals surface area contributed by atoms with Gasteiger partial charge < -0.3 is 10.6 Å². The molecule has 3 rings (SSSR count). The van der Waals surface area contributed by atoms with E-state index in [0.717, 1.165) is 16.9 Å². The summed E-state index contributed by atoms with van der Waals surface area (Å²) < 4.78 is 0. The first kappa shape index (κ1) is 16.3. The minimum Gasteiger partial charge on any atom is -0.352 e. The molecule has 1 aliphatic heterocycles. The van der Waals surface area contributed by atoms with Crippen LogP contribution in [0.1, 0.15) is 29.3 Å². The van der Waals surface area contributed by atoms with Crippen molar-refractivity contribution in [3.63, 3.8) is 0 Å². The van der Waals surface area contributed by atoms with Crippen molar-refractivity contribution >= 4 is 35.3 Å². The van der Waals surface area contributed by atoms with Crippen molar-refractivity contribution in [3.05, 3.63) is 64.6 Å². The van der Waals surface area contributed by atoms with Crippen molar-refractivity contribution in [1.29, 1.82) is 0 Å². The van der Waals surface area contributed by atoms with Crippen molar-refractivity contribution in [2.45, 2.75) is 18.2 Å². The van der Waals surface area contributed by atoms with Crippen molar-refractivity contribution < 1.29 is 9.59 Å². The first-order valence-corrected chi connectivity index (χ1v) is 8.67. The Morgan fingerprint density at radius 2 is 2.00 bits per heavy atom. The highest BCUT2D eigenvalue weighted by Crippen LogP contribution is 2.39. The lowest BCUT2D eigenvalue weighted by Crippen LogP contribution is -2.24. The predicted octanol–water partition coefficient (Wildman–Crippen LogP) is 3.91. The average Bonchev–Trinajstić information content (AvgIpc) is 2.61. The van der Waals surface area contributed by atoms with Crippen LogP contribution in [0.4, 0.5) is 5.69 Å². The number of anilines is 1. The third-order valence-electron chi connectivity index (χ3n) is 3.57. The molecule has 0 saturated heterocycles. The molecular formula is C19H18N2O2S. The molecule has 0 radical (unpaired) electrons. The Kier molecular flexibility index (Phi) is 5.01. The summed E-state index contributed by atoms with van der Waals surface area (Å²) in [7, 11) is 0. The predicted molar refractivity (Wildman–Crippen MR) is 98.0 cm³/mol. The van der Waals surface area contributed by atoms with E-state index in [1.165, 1.54) is 11.8 Å². The van der Waals surface area contributed by atoms with E-state index < -0.39 is 0 Å². The summed E-state index contributed by atoms with van der Waals surface area (Å²) in [5.41, 5.74) is 2.21. The fraction of sp³-hybridized carbons (Fsp3) is 0.158. The van der Waals surface area contributed by atoms with Gasteiger partial charge in [0.05, 0.1) is 10.6 Å².